The lowest BCUT2D eigenvalue weighted by Crippen LogP contribution is -2.50. The van der Waals surface area contributed by atoms with E-state index < -0.39 is 12.0 Å². The van der Waals surface area contributed by atoms with Gasteiger partial charge in [0.25, 0.3) is 0 Å². The Labute approximate surface area is 223 Å². The molecule has 2 aliphatic rings. The fourth-order valence-electron chi connectivity index (χ4n) is 4.80. The van der Waals surface area contributed by atoms with E-state index in [-0.39, 0.29) is 72.4 Å². The SMILES string of the molecule is C[C@@]12C[C@@H]1N(C(=O)CNC(=O)CCCOc1ccccc1C(=O)O)[C@H](C(=O)NCc1cc(C(=N)N)cs1)C2. The standard InChI is InChI=1S/C26H31N5O6S/c1-26-10-18(24(34)30-12-16-9-15(14-38-16)23(27)28)31(20(26)11-26)22(33)13-29-21(32)7-4-8-37-19-6-3-2-5-17(19)25(35)36/h2-3,5-6,9,14,18,20H,4,7-8,10-13H2,1H3,(H3,27,28)(H,29,32)(H,30,34)(H,35,36)/t18-,20-,26+/m0/s1. The van der Waals surface area contributed by atoms with E-state index in [1.54, 1.807) is 34.5 Å². The van der Waals surface area contributed by atoms with Gasteiger partial charge in [0.05, 0.1) is 19.7 Å². The number of carbonyl (C=O) groups excluding carboxylic acids is 3. The lowest BCUT2D eigenvalue weighted by atomic mass is 10.0. The summed E-state index contributed by atoms with van der Waals surface area (Å²) in [7, 11) is 0. The van der Waals surface area contributed by atoms with Crippen molar-refractivity contribution in [2.75, 3.05) is 13.2 Å². The van der Waals surface area contributed by atoms with E-state index in [2.05, 4.69) is 17.6 Å². The van der Waals surface area contributed by atoms with Crippen molar-refractivity contribution in [2.45, 2.75) is 51.2 Å². The summed E-state index contributed by atoms with van der Waals surface area (Å²) < 4.78 is 5.50. The predicted molar refractivity (Wildman–Crippen MR) is 140 cm³/mol. The number of carboxylic acids is 1. The average Bonchev–Trinajstić information content (AvgIpc) is 3.20. The highest BCUT2D eigenvalue weighted by atomic mass is 32.1. The Bertz CT molecular complexity index is 1260. The second kappa shape index (κ2) is 11.2. The maximum absolute atomic E-state index is 13.0. The highest BCUT2D eigenvalue weighted by molar-refractivity contribution is 7.10. The molecule has 1 saturated carbocycles. The second-order valence-electron chi connectivity index (χ2n) is 9.86. The number of amidine groups is 1. The molecule has 11 nitrogen and oxygen atoms in total. The average molecular weight is 542 g/mol. The number of rotatable bonds is 12. The van der Waals surface area contributed by atoms with Crippen LogP contribution in [0.4, 0.5) is 0 Å². The number of nitrogens with two attached hydrogens (primary N) is 1. The number of hydrogen-bond acceptors (Lipinski definition) is 7. The molecule has 1 aromatic carbocycles. The number of fused-ring (bicyclic) bond motifs is 1. The van der Waals surface area contributed by atoms with Crippen LogP contribution < -0.4 is 21.1 Å². The number of nitrogens with one attached hydrogen (secondary N) is 3. The van der Waals surface area contributed by atoms with E-state index in [0.29, 0.717) is 18.4 Å². The first-order valence-corrected chi connectivity index (χ1v) is 13.2. The Morgan fingerprint density at radius 3 is 2.71 bits per heavy atom. The van der Waals surface area contributed by atoms with Gasteiger partial charge in [-0.25, -0.2) is 4.79 Å². The molecular weight excluding hydrogens is 510 g/mol. The first kappa shape index (κ1) is 27.1. The van der Waals surface area contributed by atoms with Crippen molar-refractivity contribution in [1.82, 2.24) is 15.5 Å². The van der Waals surface area contributed by atoms with E-state index in [9.17, 15) is 24.3 Å². The van der Waals surface area contributed by atoms with Crippen molar-refractivity contribution in [3.8, 4) is 5.75 Å². The Hall–Kier alpha value is -3.93. The van der Waals surface area contributed by atoms with Gasteiger partial charge >= 0.3 is 5.97 Å². The summed E-state index contributed by atoms with van der Waals surface area (Å²) in [6.07, 6.45) is 1.86. The highest BCUT2D eigenvalue weighted by Crippen LogP contribution is 2.59. The Morgan fingerprint density at radius 2 is 2.00 bits per heavy atom. The molecule has 1 aromatic heterocycles. The van der Waals surface area contributed by atoms with E-state index in [1.807, 2.05) is 0 Å². The number of piperidine rings is 1. The molecule has 0 radical (unpaired) electrons. The summed E-state index contributed by atoms with van der Waals surface area (Å²) in [5.41, 5.74) is 6.07. The molecule has 2 fully saturated rings. The summed E-state index contributed by atoms with van der Waals surface area (Å²) in [5, 5.41) is 24.0. The van der Waals surface area contributed by atoms with Gasteiger partial charge in [-0.05, 0) is 42.9 Å². The third-order valence-electron chi connectivity index (χ3n) is 6.99. The van der Waals surface area contributed by atoms with Gasteiger partial charge in [0.2, 0.25) is 17.7 Å². The smallest absolute Gasteiger partial charge is 0.339 e. The summed E-state index contributed by atoms with van der Waals surface area (Å²) in [6, 6.07) is 7.42. The second-order valence-corrected chi connectivity index (χ2v) is 10.9. The maximum Gasteiger partial charge on any atom is 0.339 e. The third-order valence-corrected chi connectivity index (χ3v) is 7.92. The van der Waals surface area contributed by atoms with Crippen molar-refractivity contribution in [1.29, 1.82) is 5.41 Å². The number of carbonyl (C=O) groups is 4. The summed E-state index contributed by atoms with van der Waals surface area (Å²) >= 11 is 1.40. The lowest BCUT2D eigenvalue weighted by molar-refractivity contribution is -0.140. The summed E-state index contributed by atoms with van der Waals surface area (Å²) in [4.78, 5) is 52.0. The van der Waals surface area contributed by atoms with Crippen LogP contribution in [-0.4, -0.2) is 64.8 Å². The van der Waals surface area contributed by atoms with E-state index in [4.69, 9.17) is 15.9 Å². The van der Waals surface area contributed by atoms with Crippen LogP contribution in [0, 0.1) is 10.8 Å². The number of nitrogens with zero attached hydrogens (tertiary/aromatic N) is 1. The van der Waals surface area contributed by atoms with Crippen molar-refractivity contribution < 1.29 is 29.0 Å². The molecule has 1 saturated heterocycles. The number of thiophene rings is 1. The molecule has 12 heteroatoms. The van der Waals surface area contributed by atoms with Crippen LogP contribution >= 0.6 is 11.3 Å². The first-order valence-electron chi connectivity index (χ1n) is 12.3. The largest absolute Gasteiger partial charge is 0.493 e. The van der Waals surface area contributed by atoms with Crippen LogP contribution in [0.1, 0.15) is 53.4 Å². The first-order chi connectivity index (χ1) is 18.1. The van der Waals surface area contributed by atoms with Crippen molar-refractivity contribution in [3.05, 3.63) is 51.7 Å². The van der Waals surface area contributed by atoms with Gasteiger partial charge in [-0.2, -0.15) is 0 Å². The summed E-state index contributed by atoms with van der Waals surface area (Å²) in [5.74, 6) is -1.75. The number of likely N-dealkylation sites (tertiary alicyclic amines) is 1. The molecule has 2 heterocycles. The summed E-state index contributed by atoms with van der Waals surface area (Å²) in [6.45, 7) is 2.29. The van der Waals surface area contributed by atoms with Crippen LogP contribution in [0.3, 0.4) is 0 Å². The van der Waals surface area contributed by atoms with Crippen molar-refractivity contribution in [2.24, 2.45) is 11.1 Å². The minimum Gasteiger partial charge on any atom is -0.493 e. The van der Waals surface area contributed by atoms with E-state index >= 15 is 0 Å². The minimum absolute atomic E-state index is 0.0172. The lowest BCUT2D eigenvalue weighted by Gasteiger charge is -2.27. The quantitative estimate of drug-likeness (QED) is 0.154. The molecule has 4 rings (SSSR count). The van der Waals surface area contributed by atoms with E-state index in [1.165, 1.54) is 17.4 Å². The predicted octanol–water partition coefficient (Wildman–Crippen LogP) is 1.70. The number of nitrogen functional groups attached to an aromatic ring is 1. The number of para-hydroxylation sites is 1. The molecule has 0 spiro atoms. The molecule has 2 aromatic rings. The van der Waals surface area contributed by atoms with Crippen LogP contribution in [0.25, 0.3) is 0 Å². The molecule has 6 N–H and O–H groups in total. The van der Waals surface area contributed by atoms with Gasteiger partial charge in [-0.15, -0.1) is 11.3 Å². The van der Waals surface area contributed by atoms with Gasteiger partial charge in [-0.3, -0.25) is 19.8 Å². The van der Waals surface area contributed by atoms with Crippen LogP contribution in [-0.2, 0) is 20.9 Å². The molecule has 3 atom stereocenters. The molecule has 3 amide bonds. The number of carboxylic acid groups (broad SMARTS) is 1. The third kappa shape index (κ3) is 6.13. The molecule has 38 heavy (non-hydrogen) atoms. The van der Waals surface area contributed by atoms with Gasteiger partial charge < -0.3 is 31.1 Å². The molecule has 0 bridgehead atoms. The Kier molecular flexibility index (Phi) is 8.00. The number of ether oxygens (including phenoxy) is 1. The molecule has 1 aliphatic heterocycles. The van der Waals surface area contributed by atoms with Gasteiger partial charge in [-0.1, -0.05) is 19.1 Å². The maximum atomic E-state index is 13.0. The van der Waals surface area contributed by atoms with Crippen LogP contribution in [0.5, 0.6) is 5.75 Å². The normalized spacial score (nSPS) is 21.3. The van der Waals surface area contributed by atoms with Gasteiger partial charge in [0.1, 0.15) is 23.2 Å². The number of aromatic carboxylic acids is 1. The van der Waals surface area contributed by atoms with Crippen molar-refractivity contribution in [3.63, 3.8) is 0 Å². The van der Waals surface area contributed by atoms with Gasteiger partial charge in [0, 0.05) is 28.3 Å². The van der Waals surface area contributed by atoms with E-state index in [0.717, 1.165) is 11.3 Å². The topological polar surface area (TPSA) is 175 Å². The minimum atomic E-state index is -1.09. The number of hydrogen-bond donors (Lipinski definition) is 5. The monoisotopic (exact) mass is 541 g/mol. The molecular formula is C26H31N5O6S. The number of amides is 3. The number of benzene rings is 1. The fourth-order valence-corrected chi connectivity index (χ4v) is 5.63. The highest BCUT2D eigenvalue weighted by Gasteiger charge is 2.64. The molecule has 0 unspecified atom stereocenters. The Morgan fingerprint density at radius 1 is 1.24 bits per heavy atom. The van der Waals surface area contributed by atoms with Crippen LogP contribution in [0.15, 0.2) is 35.7 Å². The zero-order valence-electron chi connectivity index (χ0n) is 21.0. The van der Waals surface area contributed by atoms with Crippen LogP contribution in [0.2, 0.25) is 0 Å². The zero-order valence-corrected chi connectivity index (χ0v) is 21.8. The Balaban J connectivity index is 1.23. The molecule has 202 valence electrons. The van der Waals surface area contributed by atoms with Crippen molar-refractivity contribution >= 4 is 40.9 Å². The van der Waals surface area contributed by atoms with Gasteiger partial charge in [0.15, 0.2) is 0 Å². The fraction of sp³-hybridized carbons (Fsp3) is 0.423. The zero-order chi connectivity index (χ0) is 27.4. The molecule has 1 aliphatic carbocycles.